The average molecular weight is 636 g/mol. The van der Waals surface area contributed by atoms with E-state index in [1.54, 1.807) is 0 Å². The topological polar surface area (TPSA) is 4.93 Å². The summed E-state index contributed by atoms with van der Waals surface area (Å²) in [5.41, 5.74) is 14.0. The van der Waals surface area contributed by atoms with Crippen molar-refractivity contribution in [1.82, 2.24) is 4.57 Å². The van der Waals surface area contributed by atoms with Gasteiger partial charge in [0.15, 0.2) is 0 Å². The zero-order valence-corrected chi connectivity index (χ0v) is 26.7. The van der Waals surface area contributed by atoms with Crippen LogP contribution in [0.4, 0.5) is 0 Å². The second-order valence-corrected chi connectivity index (χ2v) is 13.2. The first-order valence-electron chi connectivity index (χ1n) is 17.0. The molecule has 0 saturated heterocycles. The molecule has 0 spiro atoms. The molecule has 11 rings (SSSR count). The van der Waals surface area contributed by atoms with Crippen LogP contribution >= 0.6 is 0 Å². The fraction of sp³-hybridized carbons (Fsp3) is 0.0204. The van der Waals surface area contributed by atoms with Crippen LogP contribution < -0.4 is 0 Å². The maximum Gasteiger partial charge on any atom is 0.0541 e. The monoisotopic (exact) mass is 635 g/mol. The first kappa shape index (κ1) is 28.6. The van der Waals surface area contributed by atoms with Gasteiger partial charge in [-0.05, 0) is 107 Å². The Morgan fingerprint density at radius 2 is 0.860 bits per heavy atom. The molecule has 1 nitrogen and oxygen atoms in total. The van der Waals surface area contributed by atoms with E-state index in [0.717, 1.165) is 0 Å². The first-order chi connectivity index (χ1) is 24.3. The van der Waals surface area contributed by atoms with Crippen LogP contribution in [0.5, 0.6) is 0 Å². The van der Waals surface area contributed by atoms with Crippen molar-refractivity contribution in [3.05, 3.63) is 176 Å². The zero-order chi connectivity index (χ0) is 32.1. The van der Waals surface area contributed by atoms with Gasteiger partial charge in [0.2, 0.25) is 0 Å². The summed E-state index contributed by atoms with van der Waals surface area (Å²) in [4.78, 5) is 0. The largest absolute Gasteiger partial charge is 0.309 e. The number of nitrogens with zero attached hydrogens (tertiary/aromatic N) is 1. The lowest BCUT2D eigenvalue weighted by Gasteiger charge is -2.21. The molecule has 0 amide bonds. The van der Waals surface area contributed by atoms with Crippen molar-refractivity contribution >= 4 is 54.1 Å². The summed E-state index contributed by atoms with van der Waals surface area (Å²) in [5, 5.41) is 10.3. The normalized spacial score (nSPS) is 11.8. The molecule has 1 heterocycles. The van der Waals surface area contributed by atoms with E-state index in [1.165, 1.54) is 104 Å². The number of hydrogen-bond acceptors (Lipinski definition) is 0. The molecule has 0 unspecified atom stereocenters. The van der Waals surface area contributed by atoms with Gasteiger partial charge in [0.25, 0.3) is 0 Å². The van der Waals surface area contributed by atoms with Crippen LogP contribution in [0.2, 0.25) is 0 Å². The highest BCUT2D eigenvalue weighted by atomic mass is 15.0. The van der Waals surface area contributed by atoms with Gasteiger partial charge in [0.1, 0.15) is 0 Å². The summed E-state index contributed by atoms with van der Waals surface area (Å²) < 4.78 is 2.44. The van der Waals surface area contributed by atoms with E-state index < -0.39 is 0 Å². The summed E-state index contributed by atoms with van der Waals surface area (Å²) in [6.45, 7) is 0. The molecule has 0 N–H and O–H groups in total. The molecule has 50 heavy (non-hydrogen) atoms. The van der Waals surface area contributed by atoms with Crippen molar-refractivity contribution in [2.75, 3.05) is 0 Å². The van der Waals surface area contributed by atoms with Crippen LogP contribution in [0.25, 0.3) is 104 Å². The molecule has 10 aromatic rings. The van der Waals surface area contributed by atoms with Crippen molar-refractivity contribution in [3.63, 3.8) is 0 Å². The number of fused-ring (bicyclic) bond motifs is 9. The Kier molecular flexibility index (Phi) is 6.16. The molecule has 0 aliphatic heterocycles. The minimum absolute atomic E-state index is 0. The molecule has 0 atom stereocenters. The van der Waals surface area contributed by atoms with Gasteiger partial charge in [-0.3, -0.25) is 0 Å². The lowest BCUT2D eigenvalue weighted by molar-refractivity contribution is 1.19. The summed E-state index contributed by atoms with van der Waals surface area (Å²) >= 11 is 0. The SMILES string of the molecule is C.c1ccc(-c2c3c(c(-c4ccccc4)c4cc(-n5c6ccccc6c6ccccc65)ccc24)-c2cc4ccccc4c4cccc-3c24)cc1. The molecule has 0 bridgehead atoms. The molecular weight excluding hydrogens is 603 g/mol. The molecule has 1 aromatic heterocycles. The first-order valence-corrected chi connectivity index (χ1v) is 17.0. The number of benzene rings is 9. The van der Waals surface area contributed by atoms with Gasteiger partial charge in [0, 0.05) is 16.5 Å². The predicted molar refractivity (Wildman–Crippen MR) is 215 cm³/mol. The second-order valence-electron chi connectivity index (χ2n) is 13.2. The van der Waals surface area contributed by atoms with Gasteiger partial charge in [-0.25, -0.2) is 0 Å². The fourth-order valence-corrected chi connectivity index (χ4v) is 8.73. The second kappa shape index (κ2) is 10.8. The van der Waals surface area contributed by atoms with Crippen molar-refractivity contribution in [2.45, 2.75) is 7.43 Å². The number of rotatable bonds is 3. The lowest BCUT2D eigenvalue weighted by Crippen LogP contribution is -1.97. The summed E-state index contributed by atoms with van der Waals surface area (Å²) in [6.07, 6.45) is 0. The van der Waals surface area contributed by atoms with Gasteiger partial charge in [-0.2, -0.15) is 0 Å². The maximum atomic E-state index is 2.45. The van der Waals surface area contributed by atoms with Crippen molar-refractivity contribution in [2.24, 2.45) is 0 Å². The Hall–Kier alpha value is -6.44. The third-order valence-corrected chi connectivity index (χ3v) is 10.7. The Morgan fingerprint density at radius 1 is 0.320 bits per heavy atom. The molecule has 0 fully saturated rings. The zero-order valence-electron chi connectivity index (χ0n) is 26.7. The quantitative estimate of drug-likeness (QED) is 0.170. The van der Waals surface area contributed by atoms with Crippen LogP contribution in [0.15, 0.2) is 176 Å². The third-order valence-electron chi connectivity index (χ3n) is 10.7. The summed E-state index contributed by atoms with van der Waals surface area (Å²) in [6, 6.07) is 64.9. The molecule has 0 radical (unpaired) electrons. The molecular formula is C49H33N. The third kappa shape index (κ3) is 3.83. The van der Waals surface area contributed by atoms with Gasteiger partial charge in [0.05, 0.1) is 11.0 Å². The van der Waals surface area contributed by atoms with E-state index in [0.29, 0.717) is 0 Å². The Balaban J connectivity index is 0.00000316. The summed E-state index contributed by atoms with van der Waals surface area (Å²) in [7, 11) is 0. The number of para-hydroxylation sites is 2. The molecule has 1 heteroatoms. The molecule has 234 valence electrons. The average Bonchev–Trinajstić information content (AvgIpc) is 3.68. The van der Waals surface area contributed by atoms with Crippen LogP contribution in [-0.2, 0) is 0 Å². The van der Waals surface area contributed by atoms with Crippen molar-refractivity contribution < 1.29 is 0 Å². The van der Waals surface area contributed by atoms with Crippen molar-refractivity contribution in [1.29, 1.82) is 0 Å². The number of hydrogen-bond donors (Lipinski definition) is 0. The van der Waals surface area contributed by atoms with Gasteiger partial charge in [-0.15, -0.1) is 0 Å². The van der Waals surface area contributed by atoms with Gasteiger partial charge in [-0.1, -0.05) is 153 Å². The Morgan fingerprint density at radius 3 is 1.54 bits per heavy atom. The molecule has 0 saturated carbocycles. The van der Waals surface area contributed by atoms with E-state index in [4.69, 9.17) is 0 Å². The standard InChI is InChI=1S/C48H29N.CH4/c1-3-14-30(15-4-1)44-38-27-26-33(49-42-24-11-9-20-35(42)36-21-10-12-25-43(36)49)29-40(38)45(31-16-5-2-6-17-31)48-41-28-32-18-7-8-19-34(32)37-22-13-23-39(46(37)41)47(44)48;/h1-29H;1H4. The fourth-order valence-electron chi connectivity index (χ4n) is 8.73. The predicted octanol–water partition coefficient (Wildman–Crippen LogP) is 13.9. The van der Waals surface area contributed by atoms with Crippen LogP contribution in [0.1, 0.15) is 7.43 Å². The lowest BCUT2D eigenvalue weighted by atomic mass is 9.82. The highest BCUT2D eigenvalue weighted by Crippen LogP contribution is 2.58. The highest BCUT2D eigenvalue weighted by Gasteiger charge is 2.31. The van der Waals surface area contributed by atoms with E-state index >= 15 is 0 Å². The Bertz CT molecular complexity index is 2910. The number of aromatic nitrogens is 1. The van der Waals surface area contributed by atoms with Crippen LogP contribution in [-0.4, -0.2) is 4.57 Å². The smallest absolute Gasteiger partial charge is 0.0541 e. The van der Waals surface area contributed by atoms with E-state index in [2.05, 4.69) is 180 Å². The Labute approximate surface area is 291 Å². The van der Waals surface area contributed by atoms with E-state index in [-0.39, 0.29) is 7.43 Å². The van der Waals surface area contributed by atoms with Crippen LogP contribution in [0, 0.1) is 0 Å². The van der Waals surface area contributed by atoms with Crippen LogP contribution in [0.3, 0.4) is 0 Å². The molecule has 9 aromatic carbocycles. The summed E-state index contributed by atoms with van der Waals surface area (Å²) in [5.74, 6) is 0. The van der Waals surface area contributed by atoms with Gasteiger partial charge >= 0.3 is 0 Å². The molecule has 1 aliphatic rings. The minimum atomic E-state index is 0. The highest BCUT2D eigenvalue weighted by molar-refractivity contribution is 6.31. The minimum Gasteiger partial charge on any atom is -0.309 e. The molecule has 1 aliphatic carbocycles. The van der Waals surface area contributed by atoms with E-state index in [9.17, 15) is 0 Å². The van der Waals surface area contributed by atoms with E-state index in [1.807, 2.05) is 0 Å². The maximum absolute atomic E-state index is 2.45. The van der Waals surface area contributed by atoms with Crippen molar-refractivity contribution in [3.8, 4) is 50.2 Å². The van der Waals surface area contributed by atoms with Gasteiger partial charge < -0.3 is 4.57 Å².